The Hall–Kier alpha value is -1.59. The predicted molar refractivity (Wildman–Crippen MR) is 93.4 cm³/mol. The molecular formula is C19H28N2O3. The van der Waals surface area contributed by atoms with E-state index in [2.05, 4.69) is 37.4 Å². The second kappa shape index (κ2) is 7.99. The Morgan fingerprint density at radius 3 is 2.83 bits per heavy atom. The molecule has 0 aromatic heterocycles. The summed E-state index contributed by atoms with van der Waals surface area (Å²) in [6.45, 7) is 7.93. The van der Waals surface area contributed by atoms with Crippen molar-refractivity contribution in [3.8, 4) is 5.75 Å². The van der Waals surface area contributed by atoms with E-state index >= 15 is 0 Å². The van der Waals surface area contributed by atoms with E-state index in [1.807, 2.05) is 4.90 Å². The molecular weight excluding hydrogens is 304 g/mol. The molecule has 24 heavy (non-hydrogen) atoms. The third-order valence-electron chi connectivity index (χ3n) is 4.85. The van der Waals surface area contributed by atoms with E-state index in [0.29, 0.717) is 13.0 Å². The molecule has 2 aliphatic rings. The molecule has 3 rings (SSSR count). The smallest absolute Gasteiger partial charge is 0.224 e. The van der Waals surface area contributed by atoms with Crippen LogP contribution < -0.4 is 10.1 Å². The van der Waals surface area contributed by atoms with E-state index < -0.39 is 0 Å². The molecule has 1 aromatic carbocycles. The average molecular weight is 332 g/mol. The summed E-state index contributed by atoms with van der Waals surface area (Å²) in [6, 6.07) is 6.46. The molecule has 1 unspecified atom stereocenters. The van der Waals surface area contributed by atoms with Gasteiger partial charge in [0.25, 0.3) is 0 Å². The number of hydrogen-bond donors (Lipinski definition) is 1. The highest BCUT2D eigenvalue weighted by atomic mass is 16.5. The van der Waals surface area contributed by atoms with Crippen LogP contribution >= 0.6 is 0 Å². The third kappa shape index (κ3) is 4.48. The van der Waals surface area contributed by atoms with E-state index in [0.717, 1.165) is 44.8 Å². The van der Waals surface area contributed by atoms with E-state index in [4.69, 9.17) is 9.47 Å². The number of rotatable bonds is 4. The molecule has 1 amide bonds. The van der Waals surface area contributed by atoms with Crippen LogP contribution in [0.4, 0.5) is 0 Å². The summed E-state index contributed by atoms with van der Waals surface area (Å²) >= 11 is 0. The predicted octanol–water partition coefficient (Wildman–Crippen LogP) is 2.05. The molecule has 1 aromatic rings. The minimum atomic E-state index is 0.162. The quantitative estimate of drug-likeness (QED) is 0.917. The zero-order valence-corrected chi connectivity index (χ0v) is 14.7. The second-order valence-electron chi connectivity index (χ2n) is 6.90. The van der Waals surface area contributed by atoms with Crippen LogP contribution in [0.25, 0.3) is 0 Å². The van der Waals surface area contributed by atoms with Crippen molar-refractivity contribution in [1.82, 2.24) is 10.2 Å². The lowest BCUT2D eigenvalue weighted by Gasteiger charge is -2.34. The van der Waals surface area contributed by atoms with Crippen molar-refractivity contribution in [2.75, 3.05) is 32.8 Å². The van der Waals surface area contributed by atoms with Crippen molar-refractivity contribution >= 4 is 5.91 Å². The molecule has 5 heteroatoms. The summed E-state index contributed by atoms with van der Waals surface area (Å²) in [4.78, 5) is 14.4. The van der Waals surface area contributed by atoms with Gasteiger partial charge >= 0.3 is 0 Å². The largest absolute Gasteiger partial charge is 0.490 e. The van der Waals surface area contributed by atoms with Crippen molar-refractivity contribution in [1.29, 1.82) is 0 Å². The van der Waals surface area contributed by atoms with Crippen molar-refractivity contribution < 1.29 is 14.3 Å². The molecule has 0 aliphatic carbocycles. The average Bonchev–Trinajstić information content (AvgIpc) is 2.60. The van der Waals surface area contributed by atoms with Gasteiger partial charge in [0, 0.05) is 44.9 Å². The summed E-state index contributed by atoms with van der Waals surface area (Å²) in [6.07, 6.45) is 2.52. The molecule has 0 bridgehead atoms. The minimum absolute atomic E-state index is 0.162. The molecule has 0 radical (unpaired) electrons. The van der Waals surface area contributed by atoms with Crippen molar-refractivity contribution in [3.63, 3.8) is 0 Å². The number of amides is 1. The van der Waals surface area contributed by atoms with E-state index in [1.54, 1.807) is 0 Å². The van der Waals surface area contributed by atoms with E-state index in [9.17, 15) is 4.79 Å². The lowest BCUT2D eigenvalue weighted by Crippen LogP contribution is -2.47. The first-order chi connectivity index (χ1) is 11.6. The Morgan fingerprint density at radius 1 is 1.33 bits per heavy atom. The van der Waals surface area contributed by atoms with Crippen LogP contribution in [0.15, 0.2) is 18.2 Å². The van der Waals surface area contributed by atoms with Gasteiger partial charge in [0.15, 0.2) is 0 Å². The van der Waals surface area contributed by atoms with Gasteiger partial charge in [-0.25, -0.2) is 0 Å². The number of carbonyl (C=O) groups excluding carboxylic acids is 1. The zero-order valence-electron chi connectivity index (χ0n) is 14.7. The molecule has 2 aliphatic heterocycles. The van der Waals surface area contributed by atoms with Crippen LogP contribution in [-0.4, -0.2) is 55.8 Å². The fourth-order valence-electron chi connectivity index (χ4n) is 3.33. The van der Waals surface area contributed by atoms with Crippen LogP contribution in [-0.2, 0) is 9.53 Å². The van der Waals surface area contributed by atoms with Gasteiger partial charge in [-0.05, 0) is 31.0 Å². The Morgan fingerprint density at radius 2 is 2.12 bits per heavy atom. The SMILES string of the molecule is Cc1ccc(C)c(OC2CCN(C(=O)CC3COCCN3)CC2)c1. The number of ether oxygens (including phenoxy) is 2. The first kappa shape index (κ1) is 17.2. The molecule has 2 saturated heterocycles. The maximum atomic E-state index is 12.4. The normalized spacial score (nSPS) is 22.4. The maximum absolute atomic E-state index is 12.4. The summed E-state index contributed by atoms with van der Waals surface area (Å²) in [5, 5.41) is 3.34. The van der Waals surface area contributed by atoms with E-state index in [-0.39, 0.29) is 18.1 Å². The second-order valence-corrected chi connectivity index (χ2v) is 6.90. The standard InChI is InChI=1S/C19H28N2O3/c1-14-3-4-15(2)18(11-14)24-17-5-8-21(9-6-17)19(22)12-16-13-23-10-7-20-16/h3-4,11,16-17,20H,5-10,12-13H2,1-2H3. The molecule has 0 spiro atoms. The molecule has 2 heterocycles. The Balaban J connectivity index is 1.46. The summed E-state index contributed by atoms with van der Waals surface area (Å²) in [7, 11) is 0. The number of nitrogens with zero attached hydrogens (tertiary/aromatic N) is 1. The highest BCUT2D eigenvalue weighted by Crippen LogP contribution is 2.24. The van der Waals surface area contributed by atoms with Crippen LogP contribution in [0, 0.1) is 13.8 Å². The van der Waals surface area contributed by atoms with Crippen molar-refractivity contribution in [2.24, 2.45) is 0 Å². The van der Waals surface area contributed by atoms with Gasteiger partial charge in [-0.1, -0.05) is 12.1 Å². The number of likely N-dealkylation sites (tertiary alicyclic amines) is 1. The first-order valence-electron chi connectivity index (χ1n) is 8.94. The lowest BCUT2D eigenvalue weighted by atomic mass is 10.1. The lowest BCUT2D eigenvalue weighted by molar-refractivity contribution is -0.134. The number of piperidine rings is 1. The van der Waals surface area contributed by atoms with Gasteiger partial charge in [0.1, 0.15) is 11.9 Å². The van der Waals surface area contributed by atoms with Gasteiger partial charge in [0.2, 0.25) is 5.91 Å². The summed E-state index contributed by atoms with van der Waals surface area (Å²) in [5.41, 5.74) is 2.38. The number of carbonyl (C=O) groups is 1. The van der Waals surface area contributed by atoms with Crippen LogP contribution in [0.3, 0.4) is 0 Å². The van der Waals surface area contributed by atoms with E-state index in [1.165, 1.54) is 11.1 Å². The van der Waals surface area contributed by atoms with Gasteiger partial charge in [-0.15, -0.1) is 0 Å². The monoisotopic (exact) mass is 332 g/mol. The fourth-order valence-corrected chi connectivity index (χ4v) is 3.33. The van der Waals surface area contributed by atoms with Crippen LogP contribution in [0.2, 0.25) is 0 Å². The van der Waals surface area contributed by atoms with Crippen molar-refractivity contribution in [3.05, 3.63) is 29.3 Å². The van der Waals surface area contributed by atoms with Gasteiger partial charge < -0.3 is 19.7 Å². The zero-order chi connectivity index (χ0) is 16.9. The summed E-state index contributed by atoms with van der Waals surface area (Å²) in [5.74, 6) is 1.20. The third-order valence-corrected chi connectivity index (χ3v) is 4.85. The molecule has 0 saturated carbocycles. The highest BCUT2D eigenvalue weighted by molar-refractivity contribution is 5.77. The fraction of sp³-hybridized carbons (Fsp3) is 0.632. The van der Waals surface area contributed by atoms with Gasteiger partial charge in [-0.3, -0.25) is 4.79 Å². The number of nitrogens with one attached hydrogen (secondary N) is 1. The van der Waals surface area contributed by atoms with Crippen LogP contribution in [0.5, 0.6) is 5.75 Å². The number of aryl methyl sites for hydroxylation is 2. The number of benzene rings is 1. The Kier molecular flexibility index (Phi) is 5.74. The maximum Gasteiger partial charge on any atom is 0.224 e. The first-order valence-corrected chi connectivity index (χ1v) is 8.94. The van der Waals surface area contributed by atoms with Crippen molar-refractivity contribution in [2.45, 2.75) is 45.3 Å². The molecule has 1 atom stereocenters. The summed E-state index contributed by atoms with van der Waals surface area (Å²) < 4.78 is 11.6. The Bertz CT molecular complexity index is 562. The topological polar surface area (TPSA) is 50.8 Å². The molecule has 1 N–H and O–H groups in total. The Labute approximate surface area is 144 Å². The molecule has 2 fully saturated rings. The molecule has 5 nitrogen and oxygen atoms in total. The van der Waals surface area contributed by atoms with Gasteiger partial charge in [0.05, 0.1) is 13.2 Å². The minimum Gasteiger partial charge on any atom is -0.490 e. The van der Waals surface area contributed by atoms with Gasteiger partial charge in [-0.2, -0.15) is 0 Å². The number of morpholine rings is 1. The van der Waals surface area contributed by atoms with Crippen LogP contribution in [0.1, 0.15) is 30.4 Å². The highest BCUT2D eigenvalue weighted by Gasteiger charge is 2.26. The molecule has 132 valence electrons. The number of hydrogen-bond acceptors (Lipinski definition) is 4.